The van der Waals surface area contributed by atoms with Crippen LogP contribution < -0.4 is 10.6 Å². The second-order valence-corrected chi connectivity index (χ2v) is 7.47. The highest BCUT2D eigenvalue weighted by Crippen LogP contribution is 2.30. The molecular formula is C11H15Cl2N3O2S. The van der Waals surface area contributed by atoms with E-state index in [0.717, 1.165) is 0 Å². The SMILES string of the molecule is CCNc1nc(NC2CCS(=O)(=O)C2)c(Cl)cc1Cl. The van der Waals surface area contributed by atoms with Gasteiger partial charge >= 0.3 is 0 Å². The third-order valence-electron chi connectivity index (χ3n) is 2.85. The van der Waals surface area contributed by atoms with E-state index in [-0.39, 0.29) is 17.5 Å². The quantitative estimate of drug-likeness (QED) is 0.890. The van der Waals surface area contributed by atoms with Gasteiger partial charge in [-0.15, -0.1) is 0 Å². The molecule has 1 aromatic heterocycles. The summed E-state index contributed by atoms with van der Waals surface area (Å²) >= 11 is 12.1. The first-order chi connectivity index (χ1) is 8.91. The van der Waals surface area contributed by atoms with E-state index in [9.17, 15) is 8.42 Å². The Morgan fingerprint density at radius 2 is 2.05 bits per heavy atom. The molecular weight excluding hydrogens is 309 g/mol. The second-order valence-electron chi connectivity index (χ2n) is 4.42. The van der Waals surface area contributed by atoms with Gasteiger partial charge in [-0.25, -0.2) is 13.4 Å². The Bertz CT molecular complexity index is 578. The van der Waals surface area contributed by atoms with Crippen LogP contribution in [0.5, 0.6) is 0 Å². The lowest BCUT2D eigenvalue weighted by Crippen LogP contribution is -2.21. The summed E-state index contributed by atoms with van der Waals surface area (Å²) in [6.07, 6.45) is 0.569. The largest absolute Gasteiger partial charge is 0.369 e. The van der Waals surface area contributed by atoms with Gasteiger partial charge in [0, 0.05) is 12.6 Å². The number of rotatable bonds is 4. The van der Waals surface area contributed by atoms with Crippen LogP contribution in [-0.4, -0.2) is 37.5 Å². The first-order valence-electron chi connectivity index (χ1n) is 5.98. The predicted molar refractivity (Wildman–Crippen MR) is 79.1 cm³/mol. The number of hydrogen-bond donors (Lipinski definition) is 2. The van der Waals surface area contributed by atoms with Crippen LogP contribution in [0.2, 0.25) is 10.0 Å². The number of sulfone groups is 1. The van der Waals surface area contributed by atoms with Crippen molar-refractivity contribution in [1.82, 2.24) is 4.98 Å². The first-order valence-corrected chi connectivity index (χ1v) is 8.56. The van der Waals surface area contributed by atoms with Crippen molar-refractivity contribution < 1.29 is 8.42 Å². The van der Waals surface area contributed by atoms with Gasteiger partial charge < -0.3 is 10.6 Å². The van der Waals surface area contributed by atoms with Crippen LogP contribution in [-0.2, 0) is 9.84 Å². The maximum atomic E-state index is 11.4. The average molecular weight is 324 g/mol. The van der Waals surface area contributed by atoms with Gasteiger partial charge in [0.1, 0.15) is 11.6 Å². The molecule has 2 N–H and O–H groups in total. The van der Waals surface area contributed by atoms with Crippen LogP contribution in [0.25, 0.3) is 0 Å². The number of anilines is 2. The molecule has 2 rings (SSSR count). The molecule has 1 atom stereocenters. The number of nitrogens with zero attached hydrogens (tertiary/aromatic N) is 1. The maximum Gasteiger partial charge on any atom is 0.152 e. The van der Waals surface area contributed by atoms with Crippen molar-refractivity contribution in [2.45, 2.75) is 19.4 Å². The lowest BCUT2D eigenvalue weighted by atomic mass is 10.2. The molecule has 2 heterocycles. The summed E-state index contributed by atoms with van der Waals surface area (Å²) in [6, 6.07) is 1.45. The molecule has 1 aliphatic heterocycles. The molecule has 0 aromatic carbocycles. The normalized spacial score (nSPS) is 21.3. The minimum absolute atomic E-state index is 0.115. The summed E-state index contributed by atoms with van der Waals surface area (Å²) in [5.41, 5.74) is 0. The van der Waals surface area contributed by atoms with Crippen LogP contribution in [0.4, 0.5) is 11.6 Å². The molecule has 0 aliphatic carbocycles. The zero-order valence-electron chi connectivity index (χ0n) is 10.4. The second kappa shape index (κ2) is 5.73. The summed E-state index contributed by atoms with van der Waals surface area (Å²) in [7, 11) is -2.93. The van der Waals surface area contributed by atoms with E-state index in [1.54, 1.807) is 6.07 Å². The van der Waals surface area contributed by atoms with Crippen molar-refractivity contribution >= 4 is 44.7 Å². The molecule has 5 nitrogen and oxygen atoms in total. The summed E-state index contributed by atoms with van der Waals surface area (Å²) in [4.78, 5) is 4.29. The summed E-state index contributed by atoms with van der Waals surface area (Å²) < 4.78 is 22.8. The fraction of sp³-hybridized carbons (Fsp3) is 0.545. The van der Waals surface area contributed by atoms with Gasteiger partial charge in [0.2, 0.25) is 0 Å². The Morgan fingerprint density at radius 3 is 2.63 bits per heavy atom. The Balaban J connectivity index is 2.18. The lowest BCUT2D eigenvalue weighted by molar-refractivity contribution is 0.602. The molecule has 106 valence electrons. The third-order valence-corrected chi connectivity index (χ3v) is 5.19. The van der Waals surface area contributed by atoms with Crippen molar-refractivity contribution in [3.8, 4) is 0 Å². The molecule has 8 heteroatoms. The van der Waals surface area contributed by atoms with E-state index in [1.807, 2.05) is 6.92 Å². The van der Waals surface area contributed by atoms with E-state index < -0.39 is 9.84 Å². The van der Waals surface area contributed by atoms with Crippen molar-refractivity contribution in [2.24, 2.45) is 0 Å². The van der Waals surface area contributed by atoms with Crippen LogP contribution in [0.3, 0.4) is 0 Å². The Labute approximate surface area is 122 Å². The first kappa shape index (κ1) is 14.7. The fourth-order valence-electron chi connectivity index (χ4n) is 1.96. The summed E-state index contributed by atoms with van der Waals surface area (Å²) in [5, 5.41) is 6.92. The molecule has 0 spiro atoms. The number of halogens is 2. The zero-order valence-corrected chi connectivity index (χ0v) is 12.7. The summed E-state index contributed by atoms with van der Waals surface area (Å²) in [5.74, 6) is 1.32. The van der Waals surface area contributed by atoms with Crippen molar-refractivity contribution in [1.29, 1.82) is 0 Å². The van der Waals surface area contributed by atoms with Gasteiger partial charge in [-0.05, 0) is 19.4 Å². The van der Waals surface area contributed by atoms with Crippen LogP contribution in [0.15, 0.2) is 6.07 Å². The summed E-state index contributed by atoms with van der Waals surface area (Å²) in [6.45, 7) is 2.62. The number of aromatic nitrogens is 1. The van der Waals surface area contributed by atoms with Gasteiger partial charge in [0.25, 0.3) is 0 Å². The Morgan fingerprint density at radius 1 is 1.37 bits per heavy atom. The molecule has 0 amide bonds. The molecule has 0 radical (unpaired) electrons. The zero-order chi connectivity index (χ0) is 14.0. The van der Waals surface area contributed by atoms with E-state index in [2.05, 4.69) is 15.6 Å². The van der Waals surface area contributed by atoms with Gasteiger partial charge in [0.05, 0.1) is 21.6 Å². The molecule has 1 fully saturated rings. The van der Waals surface area contributed by atoms with Gasteiger partial charge in [-0.3, -0.25) is 0 Å². The van der Waals surface area contributed by atoms with E-state index >= 15 is 0 Å². The molecule has 0 bridgehead atoms. The van der Waals surface area contributed by atoms with Crippen molar-refractivity contribution in [3.63, 3.8) is 0 Å². The topological polar surface area (TPSA) is 71.1 Å². The van der Waals surface area contributed by atoms with Gasteiger partial charge in [-0.2, -0.15) is 0 Å². The molecule has 0 saturated carbocycles. The number of hydrogen-bond acceptors (Lipinski definition) is 5. The minimum Gasteiger partial charge on any atom is -0.369 e. The molecule has 1 aromatic rings. The van der Waals surface area contributed by atoms with Crippen LogP contribution >= 0.6 is 23.2 Å². The smallest absolute Gasteiger partial charge is 0.152 e. The molecule has 1 aliphatic rings. The highest BCUT2D eigenvalue weighted by atomic mass is 35.5. The highest BCUT2D eigenvalue weighted by molar-refractivity contribution is 7.91. The van der Waals surface area contributed by atoms with E-state index in [1.165, 1.54) is 0 Å². The van der Waals surface area contributed by atoms with Crippen molar-refractivity contribution in [3.05, 3.63) is 16.1 Å². The lowest BCUT2D eigenvalue weighted by Gasteiger charge is -2.15. The minimum atomic E-state index is -2.93. The standard InChI is InChI=1S/C11H15Cl2N3O2S/c1-2-14-10-8(12)5-9(13)11(16-10)15-7-3-4-19(17,18)6-7/h5,7H,2-4,6H2,1H3,(H2,14,15,16). The number of nitrogens with one attached hydrogen (secondary N) is 2. The van der Waals surface area contributed by atoms with E-state index in [0.29, 0.717) is 34.6 Å². The van der Waals surface area contributed by atoms with Crippen LogP contribution in [0.1, 0.15) is 13.3 Å². The Kier molecular flexibility index (Phi) is 4.43. The average Bonchev–Trinajstić information content (AvgIpc) is 2.65. The monoisotopic (exact) mass is 323 g/mol. The predicted octanol–water partition coefficient (Wildman–Crippen LogP) is 2.42. The van der Waals surface area contributed by atoms with Gasteiger partial charge in [-0.1, -0.05) is 23.2 Å². The molecule has 19 heavy (non-hydrogen) atoms. The fourth-order valence-corrected chi connectivity index (χ4v) is 4.11. The molecule has 1 saturated heterocycles. The van der Waals surface area contributed by atoms with Crippen LogP contribution in [0, 0.1) is 0 Å². The van der Waals surface area contributed by atoms with Crippen molar-refractivity contribution in [2.75, 3.05) is 28.7 Å². The third kappa shape index (κ3) is 3.64. The molecule has 1 unspecified atom stereocenters. The maximum absolute atomic E-state index is 11.4. The van der Waals surface area contributed by atoms with Gasteiger partial charge in [0.15, 0.2) is 9.84 Å². The van der Waals surface area contributed by atoms with E-state index in [4.69, 9.17) is 23.2 Å². The number of pyridine rings is 1. The Hall–Kier alpha value is -0.720. The highest BCUT2D eigenvalue weighted by Gasteiger charge is 2.28.